The molecule has 0 amide bonds. The Hall–Kier alpha value is -2.95. The molecular formula is C38H54O5. The fourth-order valence-corrected chi connectivity index (χ4v) is 6.69. The van der Waals surface area contributed by atoms with E-state index in [4.69, 9.17) is 13.9 Å². The third kappa shape index (κ3) is 8.16. The number of phenols is 1. The first-order valence-corrected chi connectivity index (χ1v) is 16.6. The van der Waals surface area contributed by atoms with Gasteiger partial charge < -0.3 is 19.0 Å². The molecule has 3 aromatic rings. The summed E-state index contributed by atoms with van der Waals surface area (Å²) in [5.41, 5.74) is 4.11. The van der Waals surface area contributed by atoms with Crippen LogP contribution >= 0.6 is 0 Å². The lowest BCUT2D eigenvalue weighted by Crippen LogP contribution is -2.37. The molecule has 3 atom stereocenters. The van der Waals surface area contributed by atoms with Crippen molar-refractivity contribution in [2.24, 2.45) is 17.8 Å². The second-order valence-electron chi connectivity index (χ2n) is 14.1. The highest BCUT2D eigenvalue weighted by Gasteiger charge is 2.34. The number of hydrogen-bond donors (Lipinski definition) is 1. The minimum Gasteiger partial charge on any atom is -0.508 e. The first kappa shape index (κ1) is 33.0. The lowest BCUT2D eigenvalue weighted by molar-refractivity contribution is 0.0512. The highest BCUT2D eigenvalue weighted by atomic mass is 16.5. The van der Waals surface area contributed by atoms with Gasteiger partial charge in [0, 0.05) is 11.6 Å². The summed E-state index contributed by atoms with van der Waals surface area (Å²) in [5, 5.41) is 10.1. The summed E-state index contributed by atoms with van der Waals surface area (Å²) in [5.74, 6) is 4.29. The third-order valence-electron chi connectivity index (χ3n) is 9.78. The minimum atomic E-state index is -0.260. The van der Waals surface area contributed by atoms with Crippen LogP contribution in [-0.4, -0.2) is 10.7 Å². The fourth-order valence-electron chi connectivity index (χ4n) is 6.69. The molecule has 236 valence electrons. The number of benzene rings is 2. The van der Waals surface area contributed by atoms with Crippen molar-refractivity contribution >= 4 is 11.0 Å². The molecule has 0 bridgehead atoms. The molecule has 4 rings (SSSR count). The van der Waals surface area contributed by atoms with Crippen molar-refractivity contribution in [1.82, 2.24) is 0 Å². The van der Waals surface area contributed by atoms with Gasteiger partial charge in [0.05, 0.1) is 5.39 Å². The summed E-state index contributed by atoms with van der Waals surface area (Å²) < 4.78 is 18.7. The van der Waals surface area contributed by atoms with Crippen molar-refractivity contribution in [2.75, 3.05) is 0 Å². The molecule has 1 aliphatic rings. The SMILES string of the molecule is Cc1c(C)c2c(c(C)c1Oc1coc3cc(O)ccc3c1=O)CC[C@](C)(CCC[C@@H](C)CCC[C@H](C)CCCC(C)C)O2. The van der Waals surface area contributed by atoms with E-state index in [-0.39, 0.29) is 22.5 Å². The van der Waals surface area contributed by atoms with Crippen LogP contribution in [0, 0.1) is 38.5 Å². The van der Waals surface area contributed by atoms with Crippen LogP contribution in [-0.2, 0) is 6.42 Å². The Morgan fingerprint density at radius 1 is 0.907 bits per heavy atom. The van der Waals surface area contributed by atoms with Crippen molar-refractivity contribution in [3.05, 3.63) is 56.9 Å². The van der Waals surface area contributed by atoms with Gasteiger partial charge in [0.2, 0.25) is 11.2 Å². The largest absolute Gasteiger partial charge is 0.508 e. The molecule has 1 aliphatic heterocycles. The smallest absolute Gasteiger partial charge is 0.235 e. The average molecular weight is 591 g/mol. The van der Waals surface area contributed by atoms with Crippen molar-refractivity contribution in [3.8, 4) is 23.0 Å². The number of rotatable bonds is 14. The minimum absolute atomic E-state index is 0.0516. The van der Waals surface area contributed by atoms with Gasteiger partial charge in [0.1, 0.15) is 34.7 Å². The Labute approximate surface area is 259 Å². The van der Waals surface area contributed by atoms with E-state index in [1.165, 1.54) is 75.3 Å². The van der Waals surface area contributed by atoms with E-state index in [9.17, 15) is 9.90 Å². The first-order valence-electron chi connectivity index (χ1n) is 16.6. The molecule has 0 spiro atoms. The van der Waals surface area contributed by atoms with E-state index in [1.54, 1.807) is 6.07 Å². The lowest BCUT2D eigenvalue weighted by Gasteiger charge is -2.38. The highest BCUT2D eigenvalue weighted by molar-refractivity contribution is 5.79. The Bertz CT molecular complexity index is 1450. The highest BCUT2D eigenvalue weighted by Crippen LogP contribution is 2.46. The molecule has 0 fully saturated rings. The molecule has 43 heavy (non-hydrogen) atoms. The van der Waals surface area contributed by atoms with E-state index in [0.29, 0.717) is 16.7 Å². The van der Waals surface area contributed by atoms with E-state index < -0.39 is 0 Å². The summed E-state index contributed by atoms with van der Waals surface area (Å²) in [6.07, 6.45) is 14.9. The number of aromatic hydroxyl groups is 1. The van der Waals surface area contributed by atoms with Crippen LogP contribution in [0.25, 0.3) is 11.0 Å². The Morgan fingerprint density at radius 2 is 1.56 bits per heavy atom. The van der Waals surface area contributed by atoms with Gasteiger partial charge in [0.25, 0.3) is 0 Å². The third-order valence-corrected chi connectivity index (χ3v) is 9.78. The molecule has 5 nitrogen and oxygen atoms in total. The topological polar surface area (TPSA) is 68.9 Å². The molecule has 2 heterocycles. The Balaban J connectivity index is 1.35. The quantitative estimate of drug-likeness (QED) is 0.202. The second-order valence-corrected chi connectivity index (χ2v) is 14.1. The van der Waals surface area contributed by atoms with Crippen molar-refractivity contribution in [2.45, 2.75) is 132 Å². The van der Waals surface area contributed by atoms with Crippen LogP contribution < -0.4 is 14.9 Å². The van der Waals surface area contributed by atoms with Crippen LogP contribution in [0.3, 0.4) is 0 Å². The predicted molar refractivity (Wildman–Crippen MR) is 177 cm³/mol. The summed E-state index contributed by atoms with van der Waals surface area (Å²) in [6, 6.07) is 4.48. The zero-order chi connectivity index (χ0) is 31.3. The van der Waals surface area contributed by atoms with E-state index in [2.05, 4.69) is 48.5 Å². The van der Waals surface area contributed by atoms with Gasteiger partial charge in [-0.15, -0.1) is 0 Å². The van der Waals surface area contributed by atoms with E-state index >= 15 is 0 Å². The number of phenolic OH excluding ortho intramolecular Hbond substituents is 1. The fraction of sp³-hybridized carbons (Fsp3) is 0.605. The molecular weight excluding hydrogens is 536 g/mol. The zero-order valence-corrected chi connectivity index (χ0v) is 27.9. The van der Waals surface area contributed by atoms with Crippen LogP contribution in [0.15, 0.2) is 33.7 Å². The molecule has 1 N–H and O–H groups in total. The van der Waals surface area contributed by atoms with Gasteiger partial charge in [-0.05, 0) is 100.0 Å². The first-order chi connectivity index (χ1) is 20.4. The molecule has 0 aliphatic carbocycles. The molecule has 0 unspecified atom stereocenters. The van der Waals surface area contributed by atoms with Crippen molar-refractivity contribution in [1.29, 1.82) is 0 Å². The maximum absolute atomic E-state index is 13.1. The van der Waals surface area contributed by atoms with Crippen molar-refractivity contribution in [3.63, 3.8) is 0 Å². The Morgan fingerprint density at radius 3 is 2.23 bits per heavy atom. The Kier molecular flexibility index (Phi) is 10.9. The van der Waals surface area contributed by atoms with Gasteiger partial charge in [-0.2, -0.15) is 0 Å². The van der Waals surface area contributed by atoms with Crippen LogP contribution in [0.2, 0.25) is 0 Å². The van der Waals surface area contributed by atoms with E-state index in [0.717, 1.165) is 59.5 Å². The lowest BCUT2D eigenvalue weighted by atomic mass is 9.83. The van der Waals surface area contributed by atoms with Gasteiger partial charge in [-0.25, -0.2) is 0 Å². The number of hydrogen-bond acceptors (Lipinski definition) is 5. The summed E-state index contributed by atoms with van der Waals surface area (Å²) in [6.45, 7) is 17.9. The van der Waals surface area contributed by atoms with Gasteiger partial charge >= 0.3 is 0 Å². The van der Waals surface area contributed by atoms with Crippen LogP contribution in [0.1, 0.15) is 121 Å². The second kappa shape index (κ2) is 14.2. The number of fused-ring (bicyclic) bond motifs is 2. The zero-order valence-electron chi connectivity index (χ0n) is 27.9. The summed E-state index contributed by atoms with van der Waals surface area (Å²) >= 11 is 0. The molecule has 0 saturated carbocycles. The molecule has 0 saturated heterocycles. The van der Waals surface area contributed by atoms with Crippen molar-refractivity contribution < 1.29 is 19.0 Å². The standard InChI is InChI=1S/C38H54O5/c1-24(2)12-9-13-25(3)14-10-15-26(4)16-11-20-38(8)21-19-31-29(7)36(27(5)28(6)37(31)43-38)42-34-23-41-33-22-30(39)17-18-32(33)35(34)40/h17-18,22-26,39H,9-16,19-21H2,1-8H3/t25-,26+,38+/m1/s1. The normalized spacial score (nSPS) is 18.0. The maximum Gasteiger partial charge on any atom is 0.235 e. The molecule has 2 aromatic carbocycles. The predicted octanol–water partition coefficient (Wildman–Crippen LogP) is 10.7. The molecule has 0 radical (unpaired) electrons. The van der Waals surface area contributed by atoms with Gasteiger partial charge in [0.15, 0.2) is 0 Å². The van der Waals surface area contributed by atoms with Crippen LogP contribution in [0.4, 0.5) is 0 Å². The van der Waals surface area contributed by atoms with E-state index in [1.807, 2.05) is 6.92 Å². The summed E-state index contributed by atoms with van der Waals surface area (Å²) in [7, 11) is 0. The maximum atomic E-state index is 13.1. The molecule has 1 aromatic heterocycles. The van der Waals surface area contributed by atoms with Crippen LogP contribution in [0.5, 0.6) is 23.0 Å². The summed E-state index contributed by atoms with van der Waals surface area (Å²) in [4.78, 5) is 13.1. The van der Waals surface area contributed by atoms with Gasteiger partial charge in [-0.1, -0.05) is 72.6 Å². The average Bonchev–Trinajstić information content (AvgIpc) is 2.95. The van der Waals surface area contributed by atoms with Gasteiger partial charge in [-0.3, -0.25) is 4.79 Å². The monoisotopic (exact) mass is 590 g/mol. The molecule has 5 heteroatoms. The number of ether oxygens (including phenoxy) is 2.